The summed E-state index contributed by atoms with van der Waals surface area (Å²) >= 11 is 5.51. The van der Waals surface area contributed by atoms with Crippen molar-refractivity contribution in [2.24, 2.45) is 0 Å². The maximum absolute atomic E-state index is 11.4. The number of thiocarbonyl (C=S) groups is 1. The lowest BCUT2D eigenvalue weighted by Gasteiger charge is -2.24. The minimum absolute atomic E-state index is 0.0112. The quantitative estimate of drug-likeness (QED) is 0.393. The molecule has 3 aromatic rings. The van der Waals surface area contributed by atoms with E-state index in [9.17, 15) is 10.1 Å². The SMILES string of the molecule is CCN1C(=S)N[C@@H](c2ccccn2)[C@H]1c1ccc(-c2ccccc2[N+](=O)[O-])o1. The van der Waals surface area contributed by atoms with E-state index in [-0.39, 0.29) is 17.8 Å². The molecule has 2 aromatic heterocycles. The number of nitrogens with zero attached hydrogens (tertiary/aromatic N) is 3. The number of pyridine rings is 1. The third-order valence-electron chi connectivity index (χ3n) is 4.82. The van der Waals surface area contributed by atoms with Gasteiger partial charge in [0.05, 0.1) is 22.2 Å². The first-order valence-corrected chi connectivity index (χ1v) is 9.32. The Labute approximate surface area is 167 Å². The van der Waals surface area contributed by atoms with E-state index in [0.717, 1.165) is 5.69 Å². The van der Waals surface area contributed by atoms with Gasteiger partial charge in [-0.15, -0.1) is 0 Å². The van der Waals surface area contributed by atoms with E-state index in [2.05, 4.69) is 10.3 Å². The number of para-hydroxylation sites is 1. The van der Waals surface area contributed by atoms with Crippen molar-refractivity contribution in [1.29, 1.82) is 0 Å². The lowest BCUT2D eigenvalue weighted by atomic mass is 10.0. The number of hydrogen-bond donors (Lipinski definition) is 1. The lowest BCUT2D eigenvalue weighted by Crippen LogP contribution is -2.29. The highest BCUT2D eigenvalue weighted by Gasteiger charge is 2.41. The van der Waals surface area contributed by atoms with Crippen molar-refractivity contribution in [1.82, 2.24) is 15.2 Å². The van der Waals surface area contributed by atoms with Crippen LogP contribution in [0.2, 0.25) is 0 Å². The zero-order valence-corrected chi connectivity index (χ0v) is 15.9. The van der Waals surface area contributed by atoms with Gasteiger partial charge >= 0.3 is 0 Å². The first-order chi connectivity index (χ1) is 13.6. The summed E-state index contributed by atoms with van der Waals surface area (Å²) in [6.07, 6.45) is 1.74. The summed E-state index contributed by atoms with van der Waals surface area (Å²) < 4.78 is 6.10. The molecule has 1 N–H and O–H groups in total. The third kappa shape index (κ3) is 3.11. The molecule has 4 rings (SSSR count). The molecule has 7 nitrogen and oxygen atoms in total. The van der Waals surface area contributed by atoms with Gasteiger partial charge in [-0.05, 0) is 49.5 Å². The minimum Gasteiger partial charge on any atom is -0.459 e. The van der Waals surface area contributed by atoms with Crippen molar-refractivity contribution in [2.45, 2.75) is 19.0 Å². The molecular weight excluding hydrogens is 376 g/mol. The molecule has 8 heteroatoms. The monoisotopic (exact) mass is 394 g/mol. The fourth-order valence-electron chi connectivity index (χ4n) is 3.55. The molecule has 0 saturated carbocycles. The van der Waals surface area contributed by atoms with Crippen LogP contribution < -0.4 is 5.32 Å². The summed E-state index contributed by atoms with van der Waals surface area (Å²) in [4.78, 5) is 17.5. The molecule has 0 bridgehead atoms. The number of nitro groups is 1. The zero-order chi connectivity index (χ0) is 19.7. The first kappa shape index (κ1) is 18.1. The Morgan fingerprint density at radius 1 is 1.21 bits per heavy atom. The maximum atomic E-state index is 11.4. The summed E-state index contributed by atoms with van der Waals surface area (Å²) in [5.74, 6) is 1.13. The van der Waals surface area contributed by atoms with E-state index in [1.165, 1.54) is 6.07 Å². The largest absolute Gasteiger partial charge is 0.459 e. The molecule has 0 aliphatic carbocycles. The van der Waals surface area contributed by atoms with Crippen LogP contribution in [-0.4, -0.2) is 26.5 Å². The second kappa shape index (κ2) is 7.40. The van der Waals surface area contributed by atoms with Gasteiger partial charge in [-0.3, -0.25) is 15.1 Å². The van der Waals surface area contributed by atoms with Crippen molar-refractivity contribution in [3.05, 3.63) is 82.4 Å². The molecule has 1 aromatic carbocycles. The van der Waals surface area contributed by atoms with Gasteiger partial charge in [-0.25, -0.2) is 0 Å². The molecule has 0 amide bonds. The topological polar surface area (TPSA) is 84.4 Å². The van der Waals surface area contributed by atoms with Crippen LogP contribution in [0.5, 0.6) is 0 Å². The van der Waals surface area contributed by atoms with Crippen LogP contribution in [0.3, 0.4) is 0 Å². The van der Waals surface area contributed by atoms with Gasteiger partial charge in [0.1, 0.15) is 17.6 Å². The number of hydrogen-bond acceptors (Lipinski definition) is 5. The molecule has 1 aliphatic heterocycles. The van der Waals surface area contributed by atoms with Crippen LogP contribution in [0.4, 0.5) is 5.69 Å². The Balaban J connectivity index is 1.75. The van der Waals surface area contributed by atoms with Crippen LogP contribution in [-0.2, 0) is 0 Å². The van der Waals surface area contributed by atoms with Crippen molar-refractivity contribution < 1.29 is 9.34 Å². The van der Waals surface area contributed by atoms with E-state index in [0.29, 0.717) is 28.7 Å². The summed E-state index contributed by atoms with van der Waals surface area (Å²) in [6.45, 7) is 2.72. The highest BCUT2D eigenvalue weighted by Crippen LogP contribution is 2.41. The van der Waals surface area contributed by atoms with Crippen LogP contribution in [0.15, 0.2) is 65.2 Å². The second-order valence-electron chi connectivity index (χ2n) is 6.39. The van der Waals surface area contributed by atoms with E-state index in [4.69, 9.17) is 16.6 Å². The van der Waals surface area contributed by atoms with Gasteiger partial charge in [0.15, 0.2) is 5.11 Å². The van der Waals surface area contributed by atoms with Gasteiger partial charge in [-0.2, -0.15) is 0 Å². The Bertz CT molecular complexity index is 1020. The number of benzene rings is 1. The molecule has 0 radical (unpaired) electrons. The summed E-state index contributed by atoms with van der Waals surface area (Å²) in [5.41, 5.74) is 1.32. The Hall–Kier alpha value is -3.26. The average Bonchev–Trinajstić information content (AvgIpc) is 3.32. The van der Waals surface area contributed by atoms with Gasteiger partial charge in [0, 0.05) is 18.8 Å². The van der Waals surface area contributed by atoms with Gasteiger partial charge in [-0.1, -0.05) is 18.2 Å². The highest BCUT2D eigenvalue weighted by atomic mass is 32.1. The first-order valence-electron chi connectivity index (χ1n) is 8.91. The predicted octanol–water partition coefficient (Wildman–Crippen LogP) is 4.24. The smallest absolute Gasteiger partial charge is 0.280 e. The molecule has 0 unspecified atom stereocenters. The summed E-state index contributed by atoms with van der Waals surface area (Å²) in [6, 6.07) is 15.5. The molecule has 28 heavy (non-hydrogen) atoms. The zero-order valence-electron chi connectivity index (χ0n) is 15.1. The highest BCUT2D eigenvalue weighted by molar-refractivity contribution is 7.80. The molecular formula is C20H18N4O3S. The second-order valence-corrected chi connectivity index (χ2v) is 6.78. The lowest BCUT2D eigenvalue weighted by molar-refractivity contribution is -0.384. The van der Waals surface area contributed by atoms with Crippen molar-refractivity contribution >= 4 is 23.0 Å². The molecule has 3 heterocycles. The van der Waals surface area contributed by atoms with Gasteiger partial charge < -0.3 is 14.6 Å². The predicted molar refractivity (Wildman–Crippen MR) is 109 cm³/mol. The van der Waals surface area contributed by atoms with Crippen LogP contribution >= 0.6 is 12.2 Å². The fraction of sp³-hybridized carbons (Fsp3) is 0.200. The standard InChI is InChI=1S/C20H18N4O3S/c1-2-23-19(18(22-20(23)28)14-8-5-6-12-21-14)17-11-10-16(27-17)13-7-3-4-9-15(13)24(25)26/h3-12,18-19H,2H2,1H3,(H,22,28)/t18-,19+/m0/s1. The molecule has 142 valence electrons. The fourth-order valence-corrected chi connectivity index (χ4v) is 3.92. The van der Waals surface area contributed by atoms with Gasteiger partial charge in [0.2, 0.25) is 0 Å². The van der Waals surface area contributed by atoms with Crippen LogP contribution in [0.1, 0.15) is 30.5 Å². The Kier molecular flexibility index (Phi) is 4.79. The molecule has 1 saturated heterocycles. The third-order valence-corrected chi connectivity index (χ3v) is 5.18. The molecule has 1 fully saturated rings. The molecule has 1 aliphatic rings. The number of aromatic nitrogens is 1. The van der Waals surface area contributed by atoms with Gasteiger partial charge in [0.25, 0.3) is 5.69 Å². The normalized spacial score (nSPS) is 18.9. The number of likely N-dealkylation sites (N-methyl/N-ethyl adjacent to an activating group) is 1. The minimum atomic E-state index is -0.404. The molecule has 0 spiro atoms. The van der Waals surface area contributed by atoms with E-state index in [1.807, 2.05) is 36.1 Å². The summed E-state index contributed by atoms with van der Waals surface area (Å²) in [7, 11) is 0. The summed E-state index contributed by atoms with van der Waals surface area (Å²) in [5, 5.41) is 15.3. The van der Waals surface area contributed by atoms with Crippen molar-refractivity contribution in [3.63, 3.8) is 0 Å². The number of nitro benzene ring substituents is 1. The maximum Gasteiger partial charge on any atom is 0.280 e. The molecule has 2 atom stereocenters. The van der Waals surface area contributed by atoms with Crippen LogP contribution in [0.25, 0.3) is 11.3 Å². The number of furan rings is 1. The van der Waals surface area contributed by atoms with Crippen LogP contribution in [0, 0.1) is 10.1 Å². The number of rotatable bonds is 5. The average molecular weight is 394 g/mol. The van der Waals surface area contributed by atoms with Crippen molar-refractivity contribution in [2.75, 3.05) is 6.54 Å². The Morgan fingerprint density at radius 3 is 2.71 bits per heavy atom. The van der Waals surface area contributed by atoms with E-state index < -0.39 is 4.92 Å². The Morgan fingerprint density at radius 2 is 2.00 bits per heavy atom. The van der Waals surface area contributed by atoms with Crippen molar-refractivity contribution in [3.8, 4) is 11.3 Å². The van der Waals surface area contributed by atoms with E-state index >= 15 is 0 Å². The van der Waals surface area contributed by atoms with E-state index in [1.54, 1.807) is 30.5 Å². The number of nitrogens with one attached hydrogen (secondary N) is 1.